The maximum absolute atomic E-state index is 12.7. The number of aryl methyl sites for hydroxylation is 1. The Morgan fingerprint density at radius 1 is 1.17 bits per heavy atom. The van der Waals surface area contributed by atoms with Crippen molar-refractivity contribution >= 4 is 0 Å². The van der Waals surface area contributed by atoms with Crippen LogP contribution < -0.4 is 10.1 Å². The normalized spacial score (nSPS) is 16.1. The third kappa shape index (κ3) is 4.03. The van der Waals surface area contributed by atoms with Crippen molar-refractivity contribution in [3.8, 4) is 11.4 Å². The molecule has 1 aromatic heterocycles. The number of aromatic nitrogens is 2. The molecule has 1 aliphatic carbocycles. The van der Waals surface area contributed by atoms with Crippen molar-refractivity contribution in [3.05, 3.63) is 76.6 Å². The number of benzene rings is 2. The van der Waals surface area contributed by atoms with Crippen molar-refractivity contribution in [2.24, 2.45) is 0 Å². The lowest BCUT2D eigenvalue weighted by atomic mass is 9.92. The van der Waals surface area contributed by atoms with Gasteiger partial charge in [-0.25, -0.2) is 4.68 Å². The van der Waals surface area contributed by atoms with Crippen LogP contribution in [0.4, 0.5) is 8.78 Å². The first kappa shape index (κ1) is 19.6. The van der Waals surface area contributed by atoms with E-state index in [1.165, 1.54) is 22.4 Å². The number of alkyl halides is 2. The number of rotatable bonds is 6. The van der Waals surface area contributed by atoms with Crippen molar-refractivity contribution < 1.29 is 13.5 Å². The van der Waals surface area contributed by atoms with E-state index in [-0.39, 0.29) is 11.8 Å². The SMILES string of the molecule is Cc1cccc(-n2ncc3c2CCC[C@H]3NCc2ccccc2OC(F)F)c1C. The smallest absolute Gasteiger partial charge is 0.387 e. The van der Waals surface area contributed by atoms with Gasteiger partial charge in [0.1, 0.15) is 5.75 Å². The molecule has 1 aliphatic rings. The Bertz CT molecular complexity index is 1000. The summed E-state index contributed by atoms with van der Waals surface area (Å²) in [4.78, 5) is 0. The molecule has 29 heavy (non-hydrogen) atoms. The molecule has 0 amide bonds. The van der Waals surface area contributed by atoms with Crippen LogP contribution in [-0.2, 0) is 13.0 Å². The number of hydrogen-bond donors (Lipinski definition) is 1. The van der Waals surface area contributed by atoms with Crippen molar-refractivity contribution in [1.29, 1.82) is 0 Å². The predicted molar refractivity (Wildman–Crippen MR) is 109 cm³/mol. The largest absolute Gasteiger partial charge is 0.434 e. The van der Waals surface area contributed by atoms with Gasteiger partial charge in [-0.2, -0.15) is 13.9 Å². The van der Waals surface area contributed by atoms with Gasteiger partial charge in [-0.05, 0) is 56.4 Å². The zero-order valence-electron chi connectivity index (χ0n) is 16.7. The Labute approximate surface area is 169 Å². The van der Waals surface area contributed by atoms with Crippen LogP contribution in [0.5, 0.6) is 5.75 Å². The third-order valence-corrected chi connectivity index (χ3v) is 5.71. The Morgan fingerprint density at radius 2 is 2.00 bits per heavy atom. The van der Waals surface area contributed by atoms with E-state index in [0.29, 0.717) is 6.54 Å². The zero-order chi connectivity index (χ0) is 20.4. The monoisotopic (exact) mass is 397 g/mol. The van der Waals surface area contributed by atoms with Crippen LogP contribution in [0, 0.1) is 13.8 Å². The van der Waals surface area contributed by atoms with Crippen LogP contribution in [-0.4, -0.2) is 16.4 Å². The number of fused-ring (bicyclic) bond motifs is 1. The summed E-state index contributed by atoms with van der Waals surface area (Å²) < 4.78 is 32.0. The summed E-state index contributed by atoms with van der Waals surface area (Å²) in [5.74, 6) is 0.220. The molecular formula is C23H25F2N3O. The Hall–Kier alpha value is -2.73. The first-order valence-corrected chi connectivity index (χ1v) is 9.94. The minimum atomic E-state index is -2.83. The van der Waals surface area contributed by atoms with E-state index >= 15 is 0 Å². The second kappa shape index (κ2) is 8.33. The lowest BCUT2D eigenvalue weighted by Crippen LogP contribution is -2.25. The summed E-state index contributed by atoms with van der Waals surface area (Å²) in [5, 5.41) is 8.21. The van der Waals surface area contributed by atoms with Crippen LogP contribution in [0.15, 0.2) is 48.7 Å². The van der Waals surface area contributed by atoms with Crippen LogP contribution >= 0.6 is 0 Å². The van der Waals surface area contributed by atoms with E-state index in [1.807, 2.05) is 18.3 Å². The highest BCUT2D eigenvalue weighted by Gasteiger charge is 2.25. The number of para-hydroxylation sites is 1. The number of nitrogens with one attached hydrogen (secondary N) is 1. The van der Waals surface area contributed by atoms with Gasteiger partial charge in [0.05, 0.1) is 11.9 Å². The molecule has 0 aliphatic heterocycles. The summed E-state index contributed by atoms with van der Waals surface area (Å²) in [6.45, 7) is 1.87. The summed E-state index contributed by atoms with van der Waals surface area (Å²) >= 11 is 0. The van der Waals surface area contributed by atoms with Gasteiger partial charge in [0.25, 0.3) is 0 Å². The van der Waals surface area contributed by atoms with E-state index in [1.54, 1.807) is 12.1 Å². The first-order valence-electron chi connectivity index (χ1n) is 9.94. The maximum atomic E-state index is 12.7. The summed E-state index contributed by atoms with van der Waals surface area (Å²) in [7, 11) is 0. The molecular weight excluding hydrogens is 372 g/mol. The van der Waals surface area contributed by atoms with Crippen LogP contribution in [0.3, 0.4) is 0 Å². The van der Waals surface area contributed by atoms with Gasteiger partial charge in [-0.3, -0.25) is 0 Å². The number of nitrogens with zero attached hydrogens (tertiary/aromatic N) is 2. The molecule has 6 heteroatoms. The summed E-state index contributed by atoms with van der Waals surface area (Å²) in [5.41, 5.74) is 6.72. The molecule has 152 valence electrons. The molecule has 0 radical (unpaired) electrons. The van der Waals surface area contributed by atoms with E-state index in [9.17, 15) is 8.78 Å². The topological polar surface area (TPSA) is 39.1 Å². The van der Waals surface area contributed by atoms with Gasteiger partial charge in [0, 0.05) is 29.4 Å². The average Bonchev–Trinajstić information content (AvgIpc) is 3.13. The molecule has 0 saturated heterocycles. The van der Waals surface area contributed by atoms with Gasteiger partial charge in [0.15, 0.2) is 0 Å². The molecule has 3 aromatic rings. The van der Waals surface area contributed by atoms with Crippen molar-refractivity contribution in [3.63, 3.8) is 0 Å². The fraction of sp³-hybridized carbons (Fsp3) is 0.348. The molecule has 4 nitrogen and oxygen atoms in total. The standard InChI is InChI=1S/C23H25F2N3O/c1-15-7-5-10-20(16(15)2)28-21-11-6-9-19(18(21)14-27-28)26-13-17-8-3-4-12-22(17)29-23(24)25/h3-5,7-8,10,12,14,19,23,26H,6,9,11,13H2,1-2H3/t19-/m1/s1. The number of ether oxygens (including phenoxy) is 1. The van der Waals surface area contributed by atoms with E-state index < -0.39 is 6.61 Å². The molecule has 0 saturated carbocycles. The fourth-order valence-electron chi connectivity index (χ4n) is 4.04. The van der Waals surface area contributed by atoms with Crippen LogP contribution in [0.2, 0.25) is 0 Å². The molecule has 0 spiro atoms. The van der Waals surface area contributed by atoms with Gasteiger partial charge >= 0.3 is 6.61 Å². The zero-order valence-corrected chi connectivity index (χ0v) is 16.7. The predicted octanol–water partition coefficient (Wildman–Crippen LogP) is 5.26. The Morgan fingerprint density at radius 3 is 2.83 bits per heavy atom. The minimum Gasteiger partial charge on any atom is -0.434 e. The van der Waals surface area contributed by atoms with Gasteiger partial charge < -0.3 is 10.1 Å². The van der Waals surface area contributed by atoms with Crippen molar-refractivity contribution in [1.82, 2.24) is 15.1 Å². The van der Waals surface area contributed by atoms with Crippen molar-refractivity contribution in [2.45, 2.75) is 52.3 Å². The van der Waals surface area contributed by atoms with E-state index in [2.05, 4.69) is 51.9 Å². The highest BCUT2D eigenvalue weighted by Crippen LogP contribution is 2.32. The third-order valence-electron chi connectivity index (χ3n) is 5.71. The van der Waals surface area contributed by atoms with Crippen molar-refractivity contribution in [2.75, 3.05) is 0 Å². The van der Waals surface area contributed by atoms with Crippen LogP contribution in [0.1, 0.15) is 46.8 Å². The quantitative estimate of drug-likeness (QED) is 0.617. The highest BCUT2D eigenvalue weighted by atomic mass is 19.3. The van der Waals surface area contributed by atoms with Gasteiger partial charge in [-0.1, -0.05) is 30.3 Å². The fourth-order valence-corrected chi connectivity index (χ4v) is 4.04. The Kier molecular flexibility index (Phi) is 5.62. The van der Waals surface area contributed by atoms with Gasteiger partial charge in [0.2, 0.25) is 0 Å². The Balaban J connectivity index is 1.56. The van der Waals surface area contributed by atoms with Crippen LogP contribution in [0.25, 0.3) is 5.69 Å². The van der Waals surface area contributed by atoms with E-state index in [4.69, 9.17) is 0 Å². The number of halogens is 2. The lowest BCUT2D eigenvalue weighted by Gasteiger charge is -2.25. The molecule has 0 fully saturated rings. The van der Waals surface area contributed by atoms with E-state index in [0.717, 1.165) is 30.5 Å². The maximum Gasteiger partial charge on any atom is 0.387 e. The average molecular weight is 397 g/mol. The highest BCUT2D eigenvalue weighted by molar-refractivity contribution is 5.46. The summed E-state index contributed by atoms with van der Waals surface area (Å²) in [6.07, 6.45) is 4.96. The molecule has 1 N–H and O–H groups in total. The minimum absolute atomic E-state index is 0.136. The number of hydrogen-bond acceptors (Lipinski definition) is 3. The molecule has 0 unspecified atom stereocenters. The summed E-state index contributed by atoms with van der Waals surface area (Å²) in [6, 6.07) is 13.3. The molecule has 1 atom stereocenters. The molecule has 1 heterocycles. The molecule has 2 aromatic carbocycles. The molecule has 0 bridgehead atoms. The second-order valence-corrected chi connectivity index (χ2v) is 7.49. The lowest BCUT2D eigenvalue weighted by molar-refractivity contribution is -0.0505. The second-order valence-electron chi connectivity index (χ2n) is 7.49. The van der Waals surface area contributed by atoms with Gasteiger partial charge in [-0.15, -0.1) is 0 Å². The first-order chi connectivity index (χ1) is 14.0. The molecule has 4 rings (SSSR count).